The molecule has 3 aliphatic rings. The lowest BCUT2D eigenvalue weighted by Crippen LogP contribution is -2.52. The third-order valence-electron chi connectivity index (χ3n) is 5.67. The topological polar surface area (TPSA) is 23.6 Å². The van der Waals surface area contributed by atoms with Crippen LogP contribution in [0, 0.1) is 5.92 Å². The molecule has 1 saturated carbocycles. The molecule has 0 bridgehead atoms. The molecule has 2 saturated heterocycles. The molecule has 4 heteroatoms. The molecule has 0 aromatic heterocycles. The number of piperidine rings is 1. The number of hydrogen-bond acceptors (Lipinski definition) is 2. The maximum absolute atomic E-state index is 15.0. The molecule has 120 valence electrons. The summed E-state index contributed by atoms with van der Waals surface area (Å²) in [6.45, 7) is 4.15. The molecule has 0 spiro atoms. The van der Waals surface area contributed by atoms with Crippen molar-refractivity contribution in [2.24, 2.45) is 5.92 Å². The van der Waals surface area contributed by atoms with Crippen molar-refractivity contribution < 1.29 is 9.18 Å². The van der Waals surface area contributed by atoms with Gasteiger partial charge in [-0.15, -0.1) is 0 Å². The number of nitrogens with zero attached hydrogens (tertiary/aromatic N) is 2. The van der Waals surface area contributed by atoms with Gasteiger partial charge in [-0.2, -0.15) is 0 Å². The zero-order valence-electron chi connectivity index (χ0n) is 13.2. The molecule has 0 N–H and O–H groups in total. The van der Waals surface area contributed by atoms with Crippen LogP contribution in [0.15, 0.2) is 0 Å². The van der Waals surface area contributed by atoms with Gasteiger partial charge in [0.25, 0.3) is 5.91 Å². The average Bonchev–Trinajstić information content (AvgIpc) is 3.04. The summed E-state index contributed by atoms with van der Waals surface area (Å²) in [6.07, 6.45) is 9.65. The number of hydrogen-bond donors (Lipinski definition) is 0. The van der Waals surface area contributed by atoms with Gasteiger partial charge in [0.15, 0.2) is 5.67 Å². The van der Waals surface area contributed by atoms with Crippen molar-refractivity contribution in [3.05, 3.63) is 0 Å². The minimum Gasteiger partial charge on any atom is -0.340 e. The molecule has 0 unspecified atom stereocenters. The van der Waals surface area contributed by atoms with E-state index in [-0.39, 0.29) is 5.91 Å². The van der Waals surface area contributed by atoms with Crippen molar-refractivity contribution in [2.75, 3.05) is 32.7 Å². The van der Waals surface area contributed by atoms with Gasteiger partial charge in [0, 0.05) is 45.6 Å². The molecule has 2 heterocycles. The number of amides is 1. The van der Waals surface area contributed by atoms with Gasteiger partial charge in [-0.05, 0) is 31.6 Å². The van der Waals surface area contributed by atoms with Crippen molar-refractivity contribution in [3.63, 3.8) is 0 Å². The van der Waals surface area contributed by atoms with E-state index in [1.54, 1.807) is 4.90 Å². The largest absolute Gasteiger partial charge is 0.340 e. The molecule has 3 fully saturated rings. The molecule has 0 aromatic rings. The van der Waals surface area contributed by atoms with Gasteiger partial charge < -0.3 is 9.80 Å². The van der Waals surface area contributed by atoms with Crippen LogP contribution in [0.4, 0.5) is 4.39 Å². The smallest absolute Gasteiger partial charge is 0.260 e. The summed E-state index contributed by atoms with van der Waals surface area (Å²) in [7, 11) is 0. The Morgan fingerprint density at radius 3 is 2.19 bits per heavy atom. The van der Waals surface area contributed by atoms with Gasteiger partial charge in [-0.3, -0.25) is 4.79 Å². The highest BCUT2D eigenvalue weighted by molar-refractivity contribution is 5.85. The Labute approximate surface area is 127 Å². The molecular formula is C17H29FN2O. The van der Waals surface area contributed by atoms with E-state index < -0.39 is 5.67 Å². The highest BCUT2D eigenvalue weighted by atomic mass is 19.1. The number of alkyl halides is 1. The first kappa shape index (κ1) is 15.3. The molecule has 1 aliphatic carbocycles. The van der Waals surface area contributed by atoms with E-state index in [0.29, 0.717) is 12.8 Å². The molecule has 0 atom stereocenters. The highest BCUT2D eigenvalue weighted by Gasteiger charge is 2.44. The quantitative estimate of drug-likeness (QED) is 0.799. The van der Waals surface area contributed by atoms with E-state index in [2.05, 4.69) is 4.90 Å². The molecular weight excluding hydrogens is 267 g/mol. The fraction of sp³-hybridized carbons (Fsp3) is 0.941. The van der Waals surface area contributed by atoms with Crippen molar-refractivity contribution in [1.29, 1.82) is 0 Å². The van der Waals surface area contributed by atoms with E-state index in [0.717, 1.165) is 51.5 Å². The Morgan fingerprint density at radius 2 is 1.57 bits per heavy atom. The maximum atomic E-state index is 15.0. The minimum absolute atomic E-state index is 0.225. The van der Waals surface area contributed by atoms with Crippen molar-refractivity contribution in [2.45, 2.75) is 63.5 Å². The Balaban J connectivity index is 1.48. The lowest BCUT2D eigenvalue weighted by Gasteiger charge is -2.39. The fourth-order valence-corrected chi connectivity index (χ4v) is 4.24. The van der Waals surface area contributed by atoms with Gasteiger partial charge in [0.2, 0.25) is 0 Å². The van der Waals surface area contributed by atoms with Crippen LogP contribution in [0.3, 0.4) is 0 Å². The first-order chi connectivity index (χ1) is 10.2. The van der Waals surface area contributed by atoms with Crippen LogP contribution < -0.4 is 0 Å². The van der Waals surface area contributed by atoms with E-state index in [9.17, 15) is 9.18 Å². The third kappa shape index (κ3) is 3.58. The first-order valence-corrected chi connectivity index (χ1v) is 8.88. The lowest BCUT2D eigenvalue weighted by atomic mass is 9.87. The summed E-state index contributed by atoms with van der Waals surface area (Å²) in [4.78, 5) is 16.5. The standard InChI is InChI=1S/C17H29FN2O/c18-17(16(21)20-10-4-5-11-20)8-12-19(13-9-17)14-15-6-2-1-3-7-15/h15H,1-14H2. The van der Waals surface area contributed by atoms with Gasteiger partial charge in [0.1, 0.15) is 0 Å². The van der Waals surface area contributed by atoms with Crippen LogP contribution in [0.1, 0.15) is 57.8 Å². The summed E-state index contributed by atoms with van der Waals surface area (Å²) in [5.41, 5.74) is -1.58. The van der Waals surface area contributed by atoms with Gasteiger partial charge in [-0.25, -0.2) is 4.39 Å². The Morgan fingerprint density at radius 1 is 0.952 bits per heavy atom. The first-order valence-electron chi connectivity index (χ1n) is 8.88. The number of rotatable bonds is 3. The van der Waals surface area contributed by atoms with E-state index in [1.165, 1.54) is 32.1 Å². The second-order valence-corrected chi connectivity index (χ2v) is 7.27. The number of likely N-dealkylation sites (tertiary alicyclic amines) is 2. The summed E-state index contributed by atoms with van der Waals surface area (Å²) in [6, 6.07) is 0. The van der Waals surface area contributed by atoms with Crippen LogP contribution >= 0.6 is 0 Å². The van der Waals surface area contributed by atoms with E-state index in [1.807, 2.05) is 0 Å². The maximum Gasteiger partial charge on any atom is 0.260 e. The Bertz CT molecular complexity index is 354. The zero-order valence-corrected chi connectivity index (χ0v) is 13.2. The fourth-order valence-electron chi connectivity index (χ4n) is 4.24. The summed E-state index contributed by atoms with van der Waals surface area (Å²) < 4.78 is 15.0. The second kappa shape index (κ2) is 6.64. The van der Waals surface area contributed by atoms with Crippen LogP contribution in [0.5, 0.6) is 0 Å². The average molecular weight is 296 g/mol. The van der Waals surface area contributed by atoms with Crippen LogP contribution in [0.2, 0.25) is 0 Å². The van der Waals surface area contributed by atoms with Crippen molar-refractivity contribution in [1.82, 2.24) is 9.80 Å². The van der Waals surface area contributed by atoms with Crippen LogP contribution in [-0.2, 0) is 4.79 Å². The molecule has 1 amide bonds. The number of halogens is 1. The van der Waals surface area contributed by atoms with E-state index in [4.69, 9.17) is 0 Å². The van der Waals surface area contributed by atoms with Crippen molar-refractivity contribution >= 4 is 5.91 Å². The molecule has 3 nitrogen and oxygen atoms in total. The van der Waals surface area contributed by atoms with Gasteiger partial charge in [0.05, 0.1) is 0 Å². The minimum atomic E-state index is -1.58. The second-order valence-electron chi connectivity index (χ2n) is 7.27. The van der Waals surface area contributed by atoms with Crippen molar-refractivity contribution in [3.8, 4) is 0 Å². The highest BCUT2D eigenvalue weighted by Crippen LogP contribution is 2.32. The molecule has 21 heavy (non-hydrogen) atoms. The summed E-state index contributed by atoms with van der Waals surface area (Å²) >= 11 is 0. The Kier molecular flexibility index (Phi) is 4.82. The molecule has 3 rings (SSSR count). The van der Waals surface area contributed by atoms with Gasteiger partial charge >= 0.3 is 0 Å². The van der Waals surface area contributed by atoms with Gasteiger partial charge in [-0.1, -0.05) is 19.3 Å². The monoisotopic (exact) mass is 296 g/mol. The van der Waals surface area contributed by atoms with Crippen LogP contribution in [-0.4, -0.2) is 54.1 Å². The molecule has 2 aliphatic heterocycles. The zero-order chi connectivity index (χ0) is 14.7. The predicted octanol–water partition coefficient (Wildman–Crippen LogP) is 2.99. The lowest BCUT2D eigenvalue weighted by molar-refractivity contribution is -0.146. The third-order valence-corrected chi connectivity index (χ3v) is 5.67. The van der Waals surface area contributed by atoms with E-state index >= 15 is 0 Å². The van der Waals surface area contributed by atoms with Crippen LogP contribution in [0.25, 0.3) is 0 Å². The normalized spacial score (nSPS) is 28.0. The Hall–Kier alpha value is -0.640. The summed E-state index contributed by atoms with van der Waals surface area (Å²) in [5.74, 6) is 0.581. The predicted molar refractivity (Wildman–Crippen MR) is 81.9 cm³/mol. The molecule has 0 aromatic carbocycles. The molecule has 0 radical (unpaired) electrons. The number of carbonyl (C=O) groups is 1. The summed E-state index contributed by atoms with van der Waals surface area (Å²) in [5, 5.41) is 0. The SMILES string of the molecule is O=C(N1CCCC1)C1(F)CCN(CC2CCCCC2)CC1. The number of carbonyl (C=O) groups excluding carboxylic acids is 1.